The minimum atomic E-state index is -1.17. The predicted octanol–water partition coefficient (Wildman–Crippen LogP) is 3.37. The zero-order chi connectivity index (χ0) is 25.5. The number of aliphatic hydroxyl groups excluding tert-OH is 1. The fourth-order valence-electron chi connectivity index (χ4n) is 5.02. The van der Waals surface area contributed by atoms with Crippen molar-refractivity contribution in [2.45, 2.75) is 32.2 Å². The molecule has 0 bridgehead atoms. The van der Waals surface area contributed by atoms with Crippen LogP contribution in [0.25, 0.3) is 22.3 Å². The third-order valence-electron chi connectivity index (χ3n) is 6.78. The lowest BCUT2D eigenvalue weighted by Crippen LogP contribution is -2.39. The number of fused-ring (bicyclic) bond motifs is 2. The third-order valence-corrected chi connectivity index (χ3v) is 6.78. The molecule has 3 aromatic heterocycles. The maximum atomic E-state index is 14.9. The smallest absolute Gasteiger partial charge is 0.272 e. The molecule has 0 spiro atoms. The van der Waals surface area contributed by atoms with Gasteiger partial charge in [-0.25, -0.2) is 9.49 Å². The summed E-state index contributed by atoms with van der Waals surface area (Å²) in [4.78, 5) is 18.3. The van der Waals surface area contributed by atoms with Crippen LogP contribution in [0.15, 0.2) is 71.7 Å². The summed E-state index contributed by atoms with van der Waals surface area (Å²) < 4.78 is 17.0. The van der Waals surface area contributed by atoms with Crippen LogP contribution in [0.2, 0.25) is 0 Å². The molecule has 0 saturated heterocycles. The zero-order valence-corrected chi connectivity index (χ0v) is 20.0. The van der Waals surface area contributed by atoms with Crippen molar-refractivity contribution < 1.29 is 9.50 Å². The van der Waals surface area contributed by atoms with E-state index in [-0.39, 0.29) is 17.2 Å². The van der Waals surface area contributed by atoms with E-state index in [1.807, 2.05) is 41.8 Å². The molecular weight excluding hydrogens is 473 g/mol. The number of benzene rings is 2. The maximum absolute atomic E-state index is 14.9. The van der Waals surface area contributed by atoms with Gasteiger partial charge in [0.15, 0.2) is 5.82 Å². The maximum Gasteiger partial charge on any atom is 0.272 e. The Morgan fingerprint density at radius 2 is 1.92 bits per heavy atom. The Hall–Kier alpha value is -4.28. The summed E-state index contributed by atoms with van der Waals surface area (Å²) in [7, 11) is 0. The Morgan fingerprint density at radius 3 is 2.73 bits per heavy atom. The van der Waals surface area contributed by atoms with Gasteiger partial charge in [0, 0.05) is 36.2 Å². The van der Waals surface area contributed by atoms with Gasteiger partial charge in [-0.15, -0.1) is 10.2 Å². The largest absolute Gasteiger partial charge is 0.374 e. The number of nitrogens with one attached hydrogen (secondary N) is 1. The lowest BCUT2D eigenvalue weighted by atomic mass is 10.0. The molecule has 10 heteroatoms. The molecule has 2 N–H and O–H groups in total. The standard InChI is InChI=1S/C27H24FN7O2/c1-16-14-34(15-24-31-32-25(35(16)24)22-8-4-5-11-29-22)27(37)20-12-17(9-10-21(20)28)13-23-18-6-2-3-7-19(18)26(36)33-30-23/h2-12,16,27,37H,13-15H2,1H3,(H,33,36)/t16-,27?/m0/s1. The molecule has 0 fully saturated rings. The van der Waals surface area contributed by atoms with E-state index in [0.29, 0.717) is 42.2 Å². The van der Waals surface area contributed by atoms with Crippen molar-refractivity contribution in [3.05, 3.63) is 106 Å². The third kappa shape index (κ3) is 4.20. The fraction of sp³-hybridized carbons (Fsp3) is 0.222. The van der Waals surface area contributed by atoms with Gasteiger partial charge in [0.1, 0.15) is 23.6 Å². The molecule has 0 radical (unpaired) electrons. The van der Waals surface area contributed by atoms with Gasteiger partial charge in [-0.05, 0) is 42.8 Å². The van der Waals surface area contributed by atoms with Crippen molar-refractivity contribution in [1.29, 1.82) is 0 Å². The first-order chi connectivity index (χ1) is 18.0. The lowest BCUT2D eigenvalue weighted by molar-refractivity contribution is -0.0257. The minimum absolute atomic E-state index is 0.0617. The predicted molar refractivity (Wildman–Crippen MR) is 135 cm³/mol. The molecule has 6 rings (SSSR count). The van der Waals surface area contributed by atoms with Crippen molar-refractivity contribution in [1.82, 2.24) is 34.8 Å². The van der Waals surface area contributed by atoms with Crippen LogP contribution < -0.4 is 5.56 Å². The average molecular weight is 498 g/mol. The molecule has 2 aromatic carbocycles. The van der Waals surface area contributed by atoms with Gasteiger partial charge in [0.2, 0.25) is 0 Å². The van der Waals surface area contributed by atoms with Gasteiger partial charge in [-0.2, -0.15) is 5.10 Å². The van der Waals surface area contributed by atoms with Crippen LogP contribution in [0.5, 0.6) is 0 Å². The van der Waals surface area contributed by atoms with Crippen LogP contribution in [0, 0.1) is 5.82 Å². The summed E-state index contributed by atoms with van der Waals surface area (Å²) >= 11 is 0. The van der Waals surface area contributed by atoms with Crippen LogP contribution in [-0.4, -0.2) is 46.5 Å². The number of nitrogens with zero attached hydrogens (tertiary/aromatic N) is 6. The molecule has 1 unspecified atom stereocenters. The van der Waals surface area contributed by atoms with Gasteiger partial charge in [0.25, 0.3) is 5.56 Å². The Morgan fingerprint density at radius 1 is 1.11 bits per heavy atom. The number of aromatic nitrogens is 6. The molecule has 5 aromatic rings. The summed E-state index contributed by atoms with van der Waals surface area (Å²) in [6.07, 6.45) is 0.906. The van der Waals surface area contributed by atoms with Gasteiger partial charge < -0.3 is 9.67 Å². The molecular formula is C27H24FN7O2. The van der Waals surface area contributed by atoms with E-state index in [0.717, 1.165) is 16.6 Å². The molecule has 4 heterocycles. The molecule has 1 aliphatic heterocycles. The molecule has 2 atom stereocenters. The number of pyridine rings is 1. The molecule has 9 nitrogen and oxygen atoms in total. The van der Waals surface area contributed by atoms with E-state index < -0.39 is 12.0 Å². The Bertz CT molecular complexity index is 1650. The van der Waals surface area contributed by atoms with E-state index >= 15 is 0 Å². The first-order valence-corrected chi connectivity index (χ1v) is 12.0. The van der Waals surface area contributed by atoms with Crippen molar-refractivity contribution in [3.8, 4) is 11.5 Å². The second-order valence-electron chi connectivity index (χ2n) is 9.25. The van der Waals surface area contributed by atoms with Crippen LogP contribution in [0.4, 0.5) is 4.39 Å². The van der Waals surface area contributed by atoms with Crippen LogP contribution in [-0.2, 0) is 13.0 Å². The summed E-state index contributed by atoms with van der Waals surface area (Å²) in [5.74, 6) is 0.856. The van der Waals surface area contributed by atoms with Gasteiger partial charge in [-0.3, -0.25) is 14.7 Å². The number of halogens is 1. The van der Waals surface area contributed by atoms with Crippen LogP contribution in [0.1, 0.15) is 41.8 Å². The zero-order valence-electron chi connectivity index (χ0n) is 20.0. The molecule has 1 aliphatic rings. The number of hydrogen-bond donors (Lipinski definition) is 2. The molecule has 0 aliphatic carbocycles. The second kappa shape index (κ2) is 9.30. The first kappa shape index (κ1) is 23.1. The first-order valence-electron chi connectivity index (χ1n) is 12.0. The highest BCUT2D eigenvalue weighted by Gasteiger charge is 2.32. The quantitative estimate of drug-likeness (QED) is 0.383. The van der Waals surface area contributed by atoms with E-state index in [1.54, 1.807) is 35.4 Å². The van der Waals surface area contributed by atoms with Crippen LogP contribution in [0.3, 0.4) is 0 Å². The number of rotatable bonds is 5. The SMILES string of the molecule is C[C@H]1CN(C(O)c2cc(Cc3n[nH]c(=O)c4ccccc34)ccc2F)Cc2nnc(-c3ccccn3)n21. The van der Waals surface area contributed by atoms with Crippen molar-refractivity contribution in [3.63, 3.8) is 0 Å². The van der Waals surface area contributed by atoms with Crippen LogP contribution >= 0.6 is 0 Å². The van der Waals surface area contributed by atoms with Gasteiger partial charge in [-0.1, -0.05) is 30.3 Å². The van der Waals surface area contributed by atoms with E-state index in [4.69, 9.17) is 0 Å². The fourth-order valence-corrected chi connectivity index (χ4v) is 5.02. The summed E-state index contributed by atoms with van der Waals surface area (Å²) in [6, 6.07) is 17.5. The van der Waals surface area contributed by atoms with Crippen molar-refractivity contribution in [2.75, 3.05) is 6.54 Å². The highest BCUT2D eigenvalue weighted by molar-refractivity contribution is 5.83. The van der Waals surface area contributed by atoms with Crippen molar-refractivity contribution in [2.24, 2.45) is 0 Å². The Kier molecular flexibility index (Phi) is 5.82. The monoisotopic (exact) mass is 497 g/mol. The summed E-state index contributed by atoms with van der Waals surface area (Å²) in [5, 5.41) is 28.0. The summed E-state index contributed by atoms with van der Waals surface area (Å²) in [5.41, 5.74) is 2.09. The Balaban J connectivity index is 1.28. The average Bonchev–Trinajstić information content (AvgIpc) is 3.36. The second-order valence-corrected chi connectivity index (χ2v) is 9.25. The van der Waals surface area contributed by atoms with Gasteiger partial charge in [0.05, 0.1) is 17.6 Å². The topological polar surface area (TPSA) is 113 Å². The number of H-pyrrole nitrogens is 1. The highest BCUT2D eigenvalue weighted by Crippen LogP contribution is 2.32. The molecule has 0 saturated carbocycles. The molecule has 37 heavy (non-hydrogen) atoms. The number of aromatic amines is 1. The molecule has 0 amide bonds. The summed E-state index contributed by atoms with van der Waals surface area (Å²) in [6.45, 7) is 2.79. The van der Waals surface area contributed by atoms with E-state index in [2.05, 4.69) is 25.4 Å². The minimum Gasteiger partial charge on any atom is -0.374 e. The molecule has 186 valence electrons. The van der Waals surface area contributed by atoms with E-state index in [9.17, 15) is 14.3 Å². The highest BCUT2D eigenvalue weighted by atomic mass is 19.1. The Labute approximate surface area is 211 Å². The van der Waals surface area contributed by atoms with E-state index in [1.165, 1.54) is 6.07 Å². The number of aliphatic hydroxyl groups is 1. The number of hydrogen-bond acceptors (Lipinski definition) is 7. The van der Waals surface area contributed by atoms with Crippen molar-refractivity contribution >= 4 is 10.8 Å². The lowest BCUT2D eigenvalue weighted by Gasteiger charge is -2.35. The normalized spacial score (nSPS) is 16.6. The van der Waals surface area contributed by atoms with Gasteiger partial charge >= 0.3 is 0 Å².